The SMILES string of the molecule is CSc1nc2ncnc(N(C)C3CCN(C(C)C)CC3)c2s1. The average Bonchev–Trinajstić information content (AvgIpc) is 2.97. The van der Waals surface area contributed by atoms with Gasteiger partial charge < -0.3 is 9.80 Å². The number of thioether (sulfide) groups is 1. The molecule has 2 aromatic rings. The summed E-state index contributed by atoms with van der Waals surface area (Å²) >= 11 is 3.36. The van der Waals surface area contributed by atoms with E-state index in [1.807, 2.05) is 0 Å². The third kappa shape index (κ3) is 3.07. The summed E-state index contributed by atoms with van der Waals surface area (Å²) in [7, 11) is 2.16. The molecule has 0 atom stereocenters. The van der Waals surface area contributed by atoms with Crippen LogP contribution in [0.2, 0.25) is 0 Å². The number of rotatable bonds is 4. The van der Waals surface area contributed by atoms with Crippen molar-refractivity contribution in [2.75, 3.05) is 31.3 Å². The van der Waals surface area contributed by atoms with Crippen LogP contribution in [0, 0.1) is 0 Å². The van der Waals surface area contributed by atoms with E-state index >= 15 is 0 Å². The van der Waals surface area contributed by atoms with Gasteiger partial charge in [0.15, 0.2) is 15.8 Å². The Hall–Kier alpha value is -0.920. The molecule has 0 aromatic carbocycles. The standard InChI is InChI=1S/C15H23N5S2/c1-10(2)20-7-5-11(6-8-20)19(3)14-12-13(16-9-17-14)18-15(21-4)22-12/h9-11H,5-8H2,1-4H3. The molecule has 1 saturated heterocycles. The minimum atomic E-state index is 0.549. The summed E-state index contributed by atoms with van der Waals surface area (Å²) in [6, 6.07) is 1.19. The topological polar surface area (TPSA) is 45.2 Å². The second kappa shape index (κ2) is 6.68. The molecule has 0 unspecified atom stereocenters. The number of fused-ring (bicyclic) bond motifs is 1. The molecule has 0 N–H and O–H groups in total. The van der Waals surface area contributed by atoms with Gasteiger partial charge in [-0.25, -0.2) is 15.0 Å². The Kier molecular flexibility index (Phi) is 4.84. The van der Waals surface area contributed by atoms with Gasteiger partial charge in [0.2, 0.25) is 0 Å². The van der Waals surface area contributed by atoms with Gasteiger partial charge in [0.1, 0.15) is 11.0 Å². The zero-order valence-corrected chi connectivity index (χ0v) is 15.2. The van der Waals surface area contributed by atoms with E-state index in [1.165, 1.54) is 25.9 Å². The van der Waals surface area contributed by atoms with Crippen molar-refractivity contribution < 1.29 is 0 Å². The van der Waals surface area contributed by atoms with Gasteiger partial charge in [0.05, 0.1) is 0 Å². The van der Waals surface area contributed by atoms with Crippen molar-refractivity contribution in [1.82, 2.24) is 19.9 Å². The van der Waals surface area contributed by atoms with Gasteiger partial charge in [-0.1, -0.05) is 11.8 Å². The van der Waals surface area contributed by atoms with Crippen molar-refractivity contribution in [3.8, 4) is 0 Å². The molecule has 0 spiro atoms. The van der Waals surface area contributed by atoms with Crippen molar-refractivity contribution in [2.45, 2.75) is 43.1 Å². The minimum absolute atomic E-state index is 0.549. The fourth-order valence-electron chi connectivity index (χ4n) is 3.02. The maximum Gasteiger partial charge on any atom is 0.176 e. The molecule has 0 saturated carbocycles. The van der Waals surface area contributed by atoms with Crippen LogP contribution in [0.1, 0.15) is 26.7 Å². The number of likely N-dealkylation sites (tertiary alicyclic amines) is 1. The highest BCUT2D eigenvalue weighted by atomic mass is 32.2. The molecule has 3 heterocycles. The Morgan fingerprint density at radius 2 is 2.05 bits per heavy atom. The molecule has 22 heavy (non-hydrogen) atoms. The number of thiazole rings is 1. The molecule has 0 bridgehead atoms. The molecule has 5 nitrogen and oxygen atoms in total. The van der Waals surface area contributed by atoms with Crippen LogP contribution in [0.15, 0.2) is 10.7 Å². The maximum absolute atomic E-state index is 4.55. The second-order valence-corrected chi connectivity index (χ2v) is 8.06. The largest absolute Gasteiger partial charge is 0.355 e. The molecule has 0 aliphatic carbocycles. The summed E-state index contributed by atoms with van der Waals surface area (Å²) in [5.74, 6) is 1.03. The van der Waals surface area contributed by atoms with Crippen molar-refractivity contribution in [1.29, 1.82) is 0 Å². The highest BCUT2D eigenvalue weighted by molar-refractivity contribution is 8.00. The summed E-state index contributed by atoms with van der Waals surface area (Å²) in [6.07, 6.45) is 6.07. The van der Waals surface area contributed by atoms with Crippen LogP contribution in [0.25, 0.3) is 10.3 Å². The summed E-state index contributed by atoms with van der Waals surface area (Å²) in [5.41, 5.74) is 0.825. The first-order chi connectivity index (χ1) is 10.6. The van der Waals surface area contributed by atoms with Crippen LogP contribution in [0.3, 0.4) is 0 Å². The number of hydrogen-bond acceptors (Lipinski definition) is 7. The quantitative estimate of drug-likeness (QED) is 0.799. The van der Waals surface area contributed by atoms with E-state index in [-0.39, 0.29) is 0 Å². The number of nitrogens with zero attached hydrogens (tertiary/aromatic N) is 5. The van der Waals surface area contributed by atoms with Gasteiger partial charge in [0, 0.05) is 32.2 Å². The average molecular weight is 338 g/mol. The predicted molar refractivity (Wildman–Crippen MR) is 95.1 cm³/mol. The van der Waals surface area contributed by atoms with E-state index in [0.29, 0.717) is 12.1 Å². The first-order valence-corrected chi connectivity index (χ1v) is 9.76. The molecular formula is C15H23N5S2. The second-order valence-electron chi connectivity index (χ2n) is 6.01. The molecule has 3 rings (SSSR count). The molecule has 1 fully saturated rings. The molecule has 2 aromatic heterocycles. The van der Waals surface area contributed by atoms with E-state index in [2.05, 4.69) is 51.9 Å². The monoisotopic (exact) mass is 337 g/mol. The summed E-state index contributed by atoms with van der Waals surface area (Å²) in [5, 5.41) is 0. The van der Waals surface area contributed by atoms with E-state index in [0.717, 1.165) is 20.5 Å². The van der Waals surface area contributed by atoms with E-state index in [9.17, 15) is 0 Å². The molecule has 120 valence electrons. The molecule has 1 aliphatic heterocycles. The molecule has 0 amide bonds. The predicted octanol–water partition coefficient (Wildman–Crippen LogP) is 3.12. The van der Waals surface area contributed by atoms with Crippen LogP contribution in [0.4, 0.5) is 5.82 Å². The van der Waals surface area contributed by atoms with Crippen LogP contribution in [-0.4, -0.2) is 58.3 Å². The van der Waals surface area contributed by atoms with Crippen molar-refractivity contribution in [3.05, 3.63) is 6.33 Å². The van der Waals surface area contributed by atoms with E-state index in [1.54, 1.807) is 29.4 Å². The summed E-state index contributed by atoms with van der Waals surface area (Å²) in [4.78, 5) is 18.3. The first kappa shape index (κ1) is 16.0. The fourth-order valence-corrected chi connectivity index (χ4v) is 4.57. The number of anilines is 1. The zero-order chi connectivity index (χ0) is 15.7. The molecule has 7 heteroatoms. The van der Waals surface area contributed by atoms with E-state index < -0.39 is 0 Å². The van der Waals surface area contributed by atoms with Crippen molar-refractivity contribution in [3.63, 3.8) is 0 Å². The maximum atomic E-state index is 4.55. The van der Waals surface area contributed by atoms with Gasteiger partial charge >= 0.3 is 0 Å². The highest BCUT2D eigenvalue weighted by Crippen LogP contribution is 2.34. The lowest BCUT2D eigenvalue weighted by atomic mass is 10.0. The van der Waals surface area contributed by atoms with Gasteiger partial charge in [-0.15, -0.1) is 11.3 Å². The van der Waals surface area contributed by atoms with Gasteiger partial charge in [0.25, 0.3) is 0 Å². The van der Waals surface area contributed by atoms with Crippen LogP contribution < -0.4 is 4.90 Å². The summed E-state index contributed by atoms with van der Waals surface area (Å²) < 4.78 is 2.17. The lowest BCUT2D eigenvalue weighted by Crippen LogP contribution is -2.46. The van der Waals surface area contributed by atoms with Crippen LogP contribution in [0.5, 0.6) is 0 Å². The normalized spacial score (nSPS) is 17.5. The Bertz CT molecular complexity index is 634. The highest BCUT2D eigenvalue weighted by Gasteiger charge is 2.26. The number of piperidine rings is 1. The first-order valence-electron chi connectivity index (χ1n) is 7.72. The molecule has 1 aliphatic rings. The zero-order valence-electron chi connectivity index (χ0n) is 13.6. The van der Waals surface area contributed by atoms with Crippen LogP contribution >= 0.6 is 23.1 Å². The molecular weight excluding hydrogens is 314 g/mol. The smallest absolute Gasteiger partial charge is 0.176 e. The fraction of sp³-hybridized carbons (Fsp3) is 0.667. The number of hydrogen-bond donors (Lipinski definition) is 0. The van der Waals surface area contributed by atoms with Gasteiger partial charge in [-0.05, 0) is 32.9 Å². The van der Waals surface area contributed by atoms with Crippen molar-refractivity contribution >= 4 is 39.3 Å². The lowest BCUT2D eigenvalue weighted by molar-refractivity contribution is 0.171. The number of aromatic nitrogens is 3. The van der Waals surface area contributed by atoms with Gasteiger partial charge in [-0.3, -0.25) is 0 Å². The summed E-state index contributed by atoms with van der Waals surface area (Å²) in [6.45, 7) is 6.89. The van der Waals surface area contributed by atoms with E-state index in [4.69, 9.17) is 0 Å². The third-order valence-electron chi connectivity index (χ3n) is 4.44. The Labute approximate surface area is 140 Å². The van der Waals surface area contributed by atoms with Crippen molar-refractivity contribution in [2.24, 2.45) is 0 Å². The molecule has 0 radical (unpaired) electrons. The van der Waals surface area contributed by atoms with Crippen LogP contribution in [-0.2, 0) is 0 Å². The Morgan fingerprint density at radius 3 is 2.68 bits per heavy atom. The van der Waals surface area contributed by atoms with Gasteiger partial charge in [-0.2, -0.15) is 0 Å². The lowest BCUT2D eigenvalue weighted by Gasteiger charge is -2.38. The Morgan fingerprint density at radius 1 is 1.32 bits per heavy atom. The minimum Gasteiger partial charge on any atom is -0.355 e. The third-order valence-corrected chi connectivity index (χ3v) is 6.46. The Balaban J connectivity index is 1.80.